The van der Waals surface area contributed by atoms with E-state index < -0.39 is 0 Å². The first-order chi connectivity index (χ1) is 7.39. The molecule has 86 valence electrons. The molecule has 1 aromatic carbocycles. The molecule has 1 N–H and O–H groups in total. The third-order valence-electron chi connectivity index (χ3n) is 3.11. The summed E-state index contributed by atoms with van der Waals surface area (Å²) in [5, 5.41) is 1.33. The highest BCUT2D eigenvalue weighted by Crippen LogP contribution is 2.31. The highest BCUT2D eigenvalue weighted by Gasteiger charge is 2.18. The lowest BCUT2D eigenvalue weighted by Crippen LogP contribution is -2.11. The highest BCUT2D eigenvalue weighted by molar-refractivity contribution is 5.84. The lowest BCUT2D eigenvalue weighted by Gasteiger charge is -2.19. The van der Waals surface area contributed by atoms with Gasteiger partial charge in [0.15, 0.2) is 0 Å². The van der Waals surface area contributed by atoms with E-state index in [1.165, 1.54) is 22.2 Å². The maximum absolute atomic E-state index is 3.57. The summed E-state index contributed by atoms with van der Waals surface area (Å²) in [6, 6.07) is 8.84. The Kier molecular flexibility index (Phi) is 2.57. The molecule has 0 atom stereocenters. The molecule has 1 heteroatoms. The number of H-pyrrole nitrogens is 1. The normalized spacial score (nSPS) is 12.6. The molecular weight excluding hydrogens is 194 g/mol. The van der Waals surface area contributed by atoms with Crippen molar-refractivity contribution in [3.63, 3.8) is 0 Å². The van der Waals surface area contributed by atoms with Crippen molar-refractivity contribution in [2.75, 3.05) is 0 Å². The minimum absolute atomic E-state index is 0.193. The van der Waals surface area contributed by atoms with Crippen LogP contribution in [0.4, 0.5) is 0 Å². The van der Waals surface area contributed by atoms with E-state index in [0.717, 1.165) is 0 Å². The molecule has 1 heterocycles. The standard InChI is InChI=1S/C15H21N/c1-10(2)13-9-11-7-6-8-12(14(11)16-13)15(3,4)5/h6-10,16H,1-5H3. The molecule has 1 nitrogen and oxygen atoms in total. The van der Waals surface area contributed by atoms with Crippen molar-refractivity contribution in [1.29, 1.82) is 0 Å². The van der Waals surface area contributed by atoms with E-state index in [1.54, 1.807) is 0 Å². The SMILES string of the molecule is CC(C)c1cc2cccc(C(C)(C)C)c2[nH]1. The zero-order valence-corrected chi connectivity index (χ0v) is 10.9. The third kappa shape index (κ3) is 1.87. The first-order valence-corrected chi connectivity index (χ1v) is 6.01. The van der Waals surface area contributed by atoms with Gasteiger partial charge in [-0.3, -0.25) is 0 Å². The van der Waals surface area contributed by atoms with Crippen LogP contribution in [0.15, 0.2) is 24.3 Å². The quantitative estimate of drug-likeness (QED) is 0.716. The largest absolute Gasteiger partial charge is 0.358 e. The van der Waals surface area contributed by atoms with Crippen molar-refractivity contribution in [1.82, 2.24) is 4.98 Å². The van der Waals surface area contributed by atoms with Crippen molar-refractivity contribution >= 4 is 10.9 Å². The first-order valence-electron chi connectivity index (χ1n) is 6.01. The van der Waals surface area contributed by atoms with E-state index in [9.17, 15) is 0 Å². The minimum Gasteiger partial charge on any atom is -0.358 e. The van der Waals surface area contributed by atoms with Gasteiger partial charge in [0.25, 0.3) is 0 Å². The Morgan fingerprint density at radius 1 is 1.12 bits per heavy atom. The van der Waals surface area contributed by atoms with Crippen LogP contribution in [0.1, 0.15) is 51.8 Å². The third-order valence-corrected chi connectivity index (χ3v) is 3.11. The van der Waals surface area contributed by atoms with Gasteiger partial charge in [-0.2, -0.15) is 0 Å². The Bertz CT molecular complexity index is 498. The Hall–Kier alpha value is -1.24. The Labute approximate surface area is 97.9 Å². The molecule has 16 heavy (non-hydrogen) atoms. The number of fused-ring (bicyclic) bond motifs is 1. The number of aromatic nitrogens is 1. The van der Waals surface area contributed by atoms with Crippen LogP contribution in [0.25, 0.3) is 10.9 Å². The number of aromatic amines is 1. The number of nitrogens with one attached hydrogen (secondary N) is 1. The second kappa shape index (κ2) is 3.65. The molecular formula is C15H21N. The topological polar surface area (TPSA) is 15.8 Å². The summed E-state index contributed by atoms with van der Waals surface area (Å²) >= 11 is 0. The monoisotopic (exact) mass is 215 g/mol. The molecule has 0 aliphatic carbocycles. The van der Waals surface area contributed by atoms with Crippen LogP contribution < -0.4 is 0 Å². The van der Waals surface area contributed by atoms with Gasteiger partial charge in [0, 0.05) is 11.2 Å². The van der Waals surface area contributed by atoms with Gasteiger partial charge in [0.05, 0.1) is 0 Å². The van der Waals surface area contributed by atoms with Gasteiger partial charge in [-0.15, -0.1) is 0 Å². The minimum atomic E-state index is 0.193. The van der Waals surface area contributed by atoms with Gasteiger partial charge in [0.1, 0.15) is 0 Å². The van der Waals surface area contributed by atoms with E-state index in [2.05, 4.69) is 63.9 Å². The molecule has 2 aromatic rings. The van der Waals surface area contributed by atoms with Gasteiger partial charge in [-0.1, -0.05) is 52.8 Å². The fourth-order valence-corrected chi connectivity index (χ4v) is 2.11. The van der Waals surface area contributed by atoms with Crippen LogP contribution in [0.5, 0.6) is 0 Å². The number of rotatable bonds is 1. The molecule has 0 aliphatic heterocycles. The predicted octanol–water partition coefficient (Wildman–Crippen LogP) is 4.59. The van der Waals surface area contributed by atoms with Crippen molar-refractivity contribution in [2.45, 2.75) is 46.0 Å². The highest BCUT2D eigenvalue weighted by atomic mass is 14.7. The fourth-order valence-electron chi connectivity index (χ4n) is 2.11. The summed E-state index contributed by atoms with van der Waals surface area (Å²) in [5.74, 6) is 0.556. The average Bonchev–Trinajstić information content (AvgIpc) is 2.58. The van der Waals surface area contributed by atoms with Crippen LogP contribution in [0, 0.1) is 0 Å². The van der Waals surface area contributed by atoms with E-state index >= 15 is 0 Å². The molecule has 0 saturated heterocycles. The Morgan fingerprint density at radius 3 is 2.38 bits per heavy atom. The van der Waals surface area contributed by atoms with Crippen molar-refractivity contribution in [3.8, 4) is 0 Å². The zero-order valence-electron chi connectivity index (χ0n) is 10.9. The van der Waals surface area contributed by atoms with Crippen molar-refractivity contribution in [2.24, 2.45) is 0 Å². The number of para-hydroxylation sites is 1. The van der Waals surface area contributed by atoms with Crippen LogP contribution in [-0.2, 0) is 5.41 Å². The predicted molar refractivity (Wildman–Crippen MR) is 71.1 cm³/mol. The molecule has 0 aliphatic rings. The summed E-state index contributed by atoms with van der Waals surface area (Å²) in [7, 11) is 0. The van der Waals surface area contributed by atoms with Gasteiger partial charge in [-0.25, -0.2) is 0 Å². The van der Waals surface area contributed by atoms with Crippen LogP contribution in [0.3, 0.4) is 0 Å². The van der Waals surface area contributed by atoms with E-state index in [1.807, 2.05) is 0 Å². The molecule has 0 unspecified atom stereocenters. The molecule has 0 bridgehead atoms. The van der Waals surface area contributed by atoms with Crippen LogP contribution in [-0.4, -0.2) is 4.98 Å². The second-order valence-corrected chi connectivity index (χ2v) is 5.90. The molecule has 0 fully saturated rings. The molecule has 0 spiro atoms. The fraction of sp³-hybridized carbons (Fsp3) is 0.467. The maximum Gasteiger partial charge on any atom is 0.0494 e. The van der Waals surface area contributed by atoms with Gasteiger partial charge in [0.2, 0.25) is 0 Å². The number of benzene rings is 1. The van der Waals surface area contributed by atoms with Gasteiger partial charge in [-0.05, 0) is 28.3 Å². The first kappa shape index (κ1) is 11.3. The lowest BCUT2D eigenvalue weighted by atomic mass is 9.86. The molecule has 0 amide bonds. The maximum atomic E-state index is 3.57. The van der Waals surface area contributed by atoms with Gasteiger partial charge < -0.3 is 4.98 Å². The summed E-state index contributed by atoms with van der Waals surface area (Å²) in [5.41, 5.74) is 4.22. The molecule has 2 rings (SSSR count). The summed E-state index contributed by atoms with van der Waals surface area (Å²) in [6.45, 7) is 11.2. The van der Waals surface area contributed by atoms with E-state index in [-0.39, 0.29) is 5.41 Å². The average molecular weight is 215 g/mol. The van der Waals surface area contributed by atoms with Crippen LogP contribution in [0.2, 0.25) is 0 Å². The number of hydrogen-bond donors (Lipinski definition) is 1. The Morgan fingerprint density at radius 2 is 1.81 bits per heavy atom. The summed E-state index contributed by atoms with van der Waals surface area (Å²) < 4.78 is 0. The van der Waals surface area contributed by atoms with E-state index in [4.69, 9.17) is 0 Å². The van der Waals surface area contributed by atoms with Crippen molar-refractivity contribution < 1.29 is 0 Å². The van der Waals surface area contributed by atoms with Gasteiger partial charge >= 0.3 is 0 Å². The molecule has 1 aromatic heterocycles. The summed E-state index contributed by atoms with van der Waals surface area (Å²) in [6.07, 6.45) is 0. The molecule has 0 radical (unpaired) electrons. The smallest absolute Gasteiger partial charge is 0.0494 e. The molecule has 0 saturated carbocycles. The summed E-state index contributed by atoms with van der Waals surface area (Å²) in [4.78, 5) is 3.57. The zero-order chi connectivity index (χ0) is 11.9. The lowest BCUT2D eigenvalue weighted by molar-refractivity contribution is 0.594. The van der Waals surface area contributed by atoms with Crippen LogP contribution >= 0.6 is 0 Å². The van der Waals surface area contributed by atoms with E-state index in [0.29, 0.717) is 5.92 Å². The van der Waals surface area contributed by atoms with Crippen molar-refractivity contribution in [3.05, 3.63) is 35.5 Å². The second-order valence-electron chi connectivity index (χ2n) is 5.90. The Balaban J connectivity index is 2.68. The number of hydrogen-bond acceptors (Lipinski definition) is 0.